The molecule has 5 aromatic rings. The molecule has 5 saturated heterocycles. The Bertz CT molecular complexity index is 3080. The van der Waals surface area contributed by atoms with Crippen LogP contribution in [0.5, 0.6) is 0 Å². The predicted octanol–water partition coefficient (Wildman–Crippen LogP) is 9.49. The SMILES string of the molecule is C1CCOCC1.C1CCOCC1.COC(=O)c1cc(C(=O)N2CCOCC2)ccc1F.COC(=O)c1cc(C(=O)N2CCOCC2)ccc1N1CCOCC1.COC(=O)c1cc(C=O)ccc1F.COC(=O)c1cc(C=O)ccc1F.O=Cc1ccc(F)c(Br)c1. The minimum absolute atomic E-state index is 0.0861. The van der Waals surface area contributed by atoms with Gasteiger partial charge in [0.25, 0.3) is 11.8 Å². The lowest BCUT2D eigenvalue weighted by molar-refractivity contribution is 0.0301. The van der Waals surface area contributed by atoms with Gasteiger partial charge in [0, 0.05) is 93.5 Å². The fourth-order valence-electron chi connectivity index (χ4n) is 8.57. The molecule has 5 heterocycles. The number of esters is 4. The monoisotopic (exact) mass is 1340 g/mol. The van der Waals surface area contributed by atoms with Gasteiger partial charge in [-0.1, -0.05) is 0 Å². The molecule has 0 unspecified atom stereocenters. The number of amides is 2. The number of benzene rings is 5. The second-order valence-corrected chi connectivity index (χ2v) is 20.5. The molecule has 0 radical (unpaired) electrons. The number of hydrogen-bond acceptors (Lipinski definition) is 19. The van der Waals surface area contributed by atoms with Gasteiger partial charge in [-0.3, -0.25) is 24.0 Å². The lowest BCUT2D eigenvalue weighted by atomic mass is 10.1. The van der Waals surface area contributed by atoms with Gasteiger partial charge in [-0.2, -0.15) is 0 Å². The topological polar surface area (TPSA) is 246 Å². The van der Waals surface area contributed by atoms with Crippen LogP contribution in [-0.4, -0.2) is 198 Å². The minimum atomic E-state index is -0.797. The smallest absolute Gasteiger partial charge is 0.340 e. The number of carbonyl (C=O) groups excluding carboxylic acids is 9. The number of rotatable bonds is 10. The maximum absolute atomic E-state index is 13.5. The molecule has 5 aliphatic heterocycles. The number of aldehydes is 3. The fraction of sp³-hybridized carbons (Fsp3) is 0.400. The van der Waals surface area contributed by atoms with Crippen LogP contribution in [0.15, 0.2) is 95.5 Å². The van der Waals surface area contributed by atoms with Gasteiger partial charge in [0.15, 0.2) is 0 Å². The second kappa shape index (κ2) is 41.9. The summed E-state index contributed by atoms with van der Waals surface area (Å²) in [6, 6.07) is 20.0. The van der Waals surface area contributed by atoms with Crippen LogP contribution < -0.4 is 4.90 Å². The molecule has 0 atom stereocenters. The van der Waals surface area contributed by atoms with Crippen molar-refractivity contribution >= 4 is 76.2 Å². The summed E-state index contributed by atoms with van der Waals surface area (Å²) < 4.78 is 96.1. The van der Waals surface area contributed by atoms with Crippen molar-refractivity contribution in [2.45, 2.75) is 38.5 Å². The molecule has 0 bridgehead atoms. The molecule has 5 fully saturated rings. The van der Waals surface area contributed by atoms with E-state index in [1.165, 1.54) is 88.1 Å². The highest BCUT2D eigenvalue weighted by Crippen LogP contribution is 2.26. The number of carbonyl (C=O) groups is 9. The van der Waals surface area contributed by atoms with E-state index in [-0.39, 0.29) is 51.0 Å². The van der Waals surface area contributed by atoms with Crippen molar-refractivity contribution in [3.05, 3.63) is 169 Å². The van der Waals surface area contributed by atoms with E-state index in [1.807, 2.05) is 6.07 Å². The zero-order valence-corrected chi connectivity index (χ0v) is 52.6. The van der Waals surface area contributed by atoms with Crippen LogP contribution in [-0.2, 0) is 42.6 Å². The van der Waals surface area contributed by atoms with E-state index in [9.17, 15) is 60.7 Å². The average Bonchev–Trinajstić information content (AvgIpc) is 1.09. The zero-order chi connectivity index (χ0) is 66.5. The molecule has 5 aliphatic rings. The highest BCUT2D eigenvalue weighted by Gasteiger charge is 2.25. The van der Waals surface area contributed by atoms with Crippen LogP contribution in [0, 0.1) is 23.3 Å². The number of hydrogen-bond donors (Lipinski definition) is 0. The highest BCUT2D eigenvalue weighted by atomic mass is 79.9. The number of anilines is 1. The number of halogens is 5. The first kappa shape index (κ1) is 75.2. The Morgan fingerprint density at radius 1 is 0.385 bits per heavy atom. The van der Waals surface area contributed by atoms with Crippen molar-refractivity contribution in [3.63, 3.8) is 0 Å². The van der Waals surface area contributed by atoms with E-state index in [2.05, 4.69) is 35.0 Å². The van der Waals surface area contributed by atoms with E-state index in [0.29, 0.717) is 119 Å². The summed E-state index contributed by atoms with van der Waals surface area (Å²) in [6.07, 6.45) is 9.60. The molecule has 0 aliphatic carbocycles. The van der Waals surface area contributed by atoms with E-state index in [4.69, 9.17) is 28.4 Å². The molecule has 21 nitrogen and oxygen atoms in total. The Kier molecular flexibility index (Phi) is 34.6. The van der Waals surface area contributed by atoms with E-state index in [0.717, 1.165) is 83.8 Å². The van der Waals surface area contributed by atoms with Gasteiger partial charge in [-0.15, -0.1) is 0 Å². The molecule has 0 aromatic heterocycles. The molecule has 5 aromatic carbocycles. The zero-order valence-electron chi connectivity index (χ0n) is 51.0. The third-order valence-corrected chi connectivity index (χ3v) is 14.1. The molecule has 91 heavy (non-hydrogen) atoms. The van der Waals surface area contributed by atoms with Gasteiger partial charge in [0.05, 0.1) is 100 Å². The fourth-order valence-corrected chi connectivity index (χ4v) is 8.97. The summed E-state index contributed by atoms with van der Waals surface area (Å²) >= 11 is 2.95. The molecule has 0 N–H and O–H groups in total. The van der Waals surface area contributed by atoms with Crippen LogP contribution >= 0.6 is 15.9 Å². The van der Waals surface area contributed by atoms with Gasteiger partial charge in [-0.05, 0) is 145 Å². The van der Waals surface area contributed by atoms with Crippen molar-refractivity contribution in [2.24, 2.45) is 0 Å². The number of morpholine rings is 3. The van der Waals surface area contributed by atoms with E-state index < -0.39 is 41.3 Å². The van der Waals surface area contributed by atoms with Gasteiger partial charge < -0.3 is 57.3 Å². The minimum Gasteiger partial charge on any atom is -0.465 e. The van der Waals surface area contributed by atoms with E-state index >= 15 is 0 Å². The molecule has 10 rings (SSSR count). The Morgan fingerprint density at radius 3 is 1.03 bits per heavy atom. The Morgan fingerprint density at radius 2 is 0.692 bits per heavy atom. The molecule has 0 saturated carbocycles. The van der Waals surface area contributed by atoms with Crippen LogP contribution in [0.2, 0.25) is 0 Å². The lowest BCUT2D eigenvalue weighted by Crippen LogP contribution is -2.41. The standard InChI is InChI=1S/C17H22N2O5.C13H14FNO4.2C9H7FO3.C7H4BrFO.2C5H10O/c1-22-17(21)14-12-13(16(20)19-6-10-24-11-7-19)2-3-15(14)18-4-8-23-9-5-18;1-18-13(17)10-8-9(2-3-11(10)14)12(16)15-4-6-19-7-5-15;2*1-13-9(12)7-4-6(5-11)2-3-8(7)10;8-6-3-5(4-10)1-2-7(6)9;2*1-2-4-6-5-3-1/h2-3,12H,4-11H2,1H3;2-3,8H,4-7H2,1H3;2*2-5H,1H3;1-4H;2*1-5H2. The number of ether oxygens (including phenoxy) is 9. The summed E-state index contributed by atoms with van der Waals surface area (Å²) in [7, 11) is 4.81. The van der Waals surface area contributed by atoms with Gasteiger partial charge in [0.1, 0.15) is 42.1 Å². The number of nitrogens with zero attached hydrogens (tertiary/aromatic N) is 3. The van der Waals surface area contributed by atoms with E-state index in [1.54, 1.807) is 21.9 Å². The van der Waals surface area contributed by atoms with Gasteiger partial charge in [0.2, 0.25) is 0 Å². The predicted molar refractivity (Wildman–Crippen MR) is 327 cm³/mol. The van der Waals surface area contributed by atoms with Gasteiger partial charge in [-0.25, -0.2) is 36.7 Å². The van der Waals surface area contributed by atoms with Crippen LogP contribution in [0.1, 0.15) is 132 Å². The Balaban J connectivity index is 0.000000238. The molecular formula is C65H74BrF4N3O18. The Hall–Kier alpha value is -8.27. The van der Waals surface area contributed by atoms with Crippen LogP contribution in [0.25, 0.3) is 0 Å². The van der Waals surface area contributed by atoms with Crippen molar-refractivity contribution in [2.75, 3.05) is 139 Å². The second-order valence-electron chi connectivity index (χ2n) is 19.7. The highest BCUT2D eigenvalue weighted by molar-refractivity contribution is 9.10. The maximum Gasteiger partial charge on any atom is 0.340 e. The third-order valence-electron chi connectivity index (χ3n) is 13.5. The first-order valence-electron chi connectivity index (χ1n) is 28.8. The molecule has 26 heteroatoms. The van der Waals surface area contributed by atoms with Crippen molar-refractivity contribution in [1.29, 1.82) is 0 Å². The molecule has 0 spiro atoms. The number of methoxy groups -OCH3 is 4. The lowest BCUT2D eigenvalue weighted by Gasteiger charge is -2.31. The summed E-state index contributed by atoms with van der Waals surface area (Å²) in [5.41, 5.74) is 2.21. The van der Waals surface area contributed by atoms with Gasteiger partial charge >= 0.3 is 23.9 Å². The van der Waals surface area contributed by atoms with Crippen molar-refractivity contribution < 1.29 is 103 Å². The first-order valence-corrected chi connectivity index (χ1v) is 29.6. The maximum atomic E-state index is 13.5. The molecule has 2 amide bonds. The molecule has 492 valence electrons. The summed E-state index contributed by atoms with van der Waals surface area (Å²) in [4.78, 5) is 106. The average molecular weight is 1340 g/mol. The normalized spacial score (nSPS) is 14.9. The quantitative estimate of drug-likeness (QED) is 0.0546. The third kappa shape index (κ3) is 25.5. The summed E-state index contributed by atoms with van der Waals surface area (Å²) in [5.74, 6) is -5.60. The summed E-state index contributed by atoms with van der Waals surface area (Å²) in [5, 5.41) is 0. The Labute approximate surface area is 533 Å². The first-order chi connectivity index (χ1) is 43.9. The van der Waals surface area contributed by atoms with Crippen molar-refractivity contribution in [1.82, 2.24) is 9.80 Å². The molecular weight excluding hydrogens is 1270 g/mol. The largest absolute Gasteiger partial charge is 0.465 e. The van der Waals surface area contributed by atoms with Crippen LogP contribution in [0.3, 0.4) is 0 Å². The van der Waals surface area contributed by atoms with Crippen molar-refractivity contribution in [3.8, 4) is 0 Å². The summed E-state index contributed by atoms with van der Waals surface area (Å²) in [6.45, 7) is 10.8. The van der Waals surface area contributed by atoms with Crippen LogP contribution in [0.4, 0.5) is 23.2 Å².